The standard InChI is InChI=1S/C30H32ClF4N3O4/c1-2-38(28(41)42-23-9-7-22(32)8-10-23)25-18-37(17-24(25)19-3-5-21(31)6-4-19)26(39)20-11-15-36(16-12-20)27(40)29(13-14-29)30(33,34)35/h3-10,20,24-25H,2,11-18H2,1H3/t24-,25+/m0/s1. The zero-order valence-corrected chi connectivity index (χ0v) is 23.8. The fraction of sp³-hybridized carbons (Fsp3) is 0.500. The molecular weight excluding hydrogens is 578 g/mol. The molecule has 0 bridgehead atoms. The van der Waals surface area contributed by atoms with Gasteiger partial charge in [-0.1, -0.05) is 23.7 Å². The first-order valence-electron chi connectivity index (χ1n) is 14.1. The first-order valence-corrected chi connectivity index (χ1v) is 14.5. The van der Waals surface area contributed by atoms with Gasteiger partial charge in [-0.15, -0.1) is 0 Å². The molecule has 0 N–H and O–H groups in total. The molecule has 3 fully saturated rings. The highest BCUT2D eigenvalue weighted by atomic mass is 35.5. The molecule has 42 heavy (non-hydrogen) atoms. The number of hydrogen-bond donors (Lipinski definition) is 0. The van der Waals surface area contributed by atoms with Gasteiger partial charge in [0.1, 0.15) is 17.0 Å². The van der Waals surface area contributed by atoms with Gasteiger partial charge in [-0.3, -0.25) is 9.59 Å². The fourth-order valence-electron chi connectivity index (χ4n) is 6.12. The Bertz CT molecular complexity index is 1310. The molecule has 2 saturated heterocycles. The summed E-state index contributed by atoms with van der Waals surface area (Å²) >= 11 is 6.10. The van der Waals surface area contributed by atoms with E-state index in [1.165, 1.54) is 29.2 Å². The van der Waals surface area contributed by atoms with Crippen molar-refractivity contribution >= 4 is 29.5 Å². The van der Waals surface area contributed by atoms with Gasteiger partial charge in [0.05, 0.1) is 6.04 Å². The molecule has 2 heterocycles. The second-order valence-electron chi connectivity index (χ2n) is 11.2. The van der Waals surface area contributed by atoms with E-state index in [4.69, 9.17) is 16.3 Å². The van der Waals surface area contributed by atoms with E-state index in [0.29, 0.717) is 11.6 Å². The van der Waals surface area contributed by atoms with Crippen molar-refractivity contribution in [1.82, 2.24) is 14.7 Å². The van der Waals surface area contributed by atoms with Gasteiger partial charge in [0.15, 0.2) is 0 Å². The molecule has 0 radical (unpaired) electrons. The molecule has 3 amide bonds. The molecule has 3 aliphatic rings. The predicted octanol–water partition coefficient (Wildman–Crippen LogP) is 5.88. The average Bonchev–Trinajstić information content (AvgIpc) is 3.69. The van der Waals surface area contributed by atoms with Crippen LogP contribution in [-0.4, -0.2) is 77.5 Å². The maximum absolute atomic E-state index is 13.7. The number of nitrogens with zero attached hydrogens (tertiary/aromatic N) is 3. The normalized spacial score (nSPS) is 22.1. The van der Waals surface area contributed by atoms with Crippen molar-refractivity contribution in [2.45, 2.75) is 50.7 Å². The van der Waals surface area contributed by atoms with Gasteiger partial charge in [-0.2, -0.15) is 13.2 Å². The lowest BCUT2D eigenvalue weighted by Crippen LogP contribution is -2.49. The maximum Gasteiger partial charge on any atom is 0.415 e. The largest absolute Gasteiger partial charge is 0.415 e. The first kappa shape index (κ1) is 30.1. The Morgan fingerprint density at radius 2 is 1.60 bits per heavy atom. The van der Waals surface area contributed by atoms with Crippen LogP contribution in [0.2, 0.25) is 5.02 Å². The van der Waals surface area contributed by atoms with Gasteiger partial charge >= 0.3 is 12.3 Å². The van der Waals surface area contributed by atoms with Crippen LogP contribution in [0.3, 0.4) is 0 Å². The average molecular weight is 610 g/mol. The number of likely N-dealkylation sites (N-methyl/N-ethyl adjacent to an activating group) is 1. The Morgan fingerprint density at radius 1 is 0.976 bits per heavy atom. The number of alkyl halides is 3. The number of halogens is 5. The molecular formula is C30H32ClF4N3O4. The van der Waals surface area contributed by atoms with Crippen LogP contribution in [0, 0.1) is 17.2 Å². The summed E-state index contributed by atoms with van der Waals surface area (Å²) in [6.45, 7) is 2.83. The van der Waals surface area contributed by atoms with Crippen molar-refractivity contribution in [2.75, 3.05) is 32.7 Å². The first-order chi connectivity index (χ1) is 19.9. The van der Waals surface area contributed by atoms with Crippen molar-refractivity contribution in [2.24, 2.45) is 11.3 Å². The summed E-state index contributed by atoms with van der Waals surface area (Å²) in [5, 5.41) is 0.545. The second kappa shape index (κ2) is 11.7. The molecule has 226 valence electrons. The van der Waals surface area contributed by atoms with Crippen molar-refractivity contribution in [3.05, 3.63) is 64.9 Å². The molecule has 0 unspecified atom stereocenters. The Morgan fingerprint density at radius 3 is 2.14 bits per heavy atom. The van der Waals surface area contributed by atoms with E-state index in [2.05, 4.69) is 0 Å². The van der Waals surface area contributed by atoms with Crippen LogP contribution in [0.4, 0.5) is 22.4 Å². The van der Waals surface area contributed by atoms with Crippen LogP contribution in [0.5, 0.6) is 5.75 Å². The zero-order chi connectivity index (χ0) is 30.2. The quantitative estimate of drug-likeness (QED) is 0.384. The predicted molar refractivity (Wildman–Crippen MR) is 146 cm³/mol. The molecule has 12 heteroatoms. The van der Waals surface area contributed by atoms with Crippen molar-refractivity contribution in [3.8, 4) is 5.75 Å². The number of hydrogen-bond acceptors (Lipinski definition) is 4. The Kier molecular flexibility index (Phi) is 8.42. The number of benzene rings is 2. The highest BCUT2D eigenvalue weighted by Gasteiger charge is 2.69. The van der Waals surface area contributed by atoms with Crippen LogP contribution in [0.1, 0.15) is 44.1 Å². The monoisotopic (exact) mass is 609 g/mol. The molecule has 1 saturated carbocycles. The molecule has 2 aromatic carbocycles. The number of likely N-dealkylation sites (tertiary alicyclic amines) is 2. The van der Waals surface area contributed by atoms with E-state index in [1.54, 1.807) is 28.9 Å². The molecule has 5 rings (SSSR count). The van der Waals surface area contributed by atoms with Crippen molar-refractivity contribution in [1.29, 1.82) is 0 Å². The molecule has 0 aromatic heterocycles. The molecule has 2 aromatic rings. The van der Waals surface area contributed by atoms with Crippen LogP contribution in [0.25, 0.3) is 0 Å². The number of carbonyl (C=O) groups excluding carboxylic acids is 3. The van der Waals surface area contributed by atoms with Crippen LogP contribution in [-0.2, 0) is 9.59 Å². The third-order valence-corrected chi connectivity index (χ3v) is 8.98. The summed E-state index contributed by atoms with van der Waals surface area (Å²) in [5.41, 5.74) is -1.38. The van der Waals surface area contributed by atoms with Gasteiger partial charge in [-0.05, 0) is 74.6 Å². The topological polar surface area (TPSA) is 70.2 Å². The lowest BCUT2D eigenvalue weighted by molar-refractivity contribution is -0.199. The lowest BCUT2D eigenvalue weighted by Gasteiger charge is -2.35. The number of amides is 3. The molecule has 1 aliphatic carbocycles. The third-order valence-electron chi connectivity index (χ3n) is 8.73. The van der Waals surface area contributed by atoms with E-state index in [1.807, 2.05) is 12.1 Å². The minimum absolute atomic E-state index is 0.0933. The minimum Gasteiger partial charge on any atom is -0.410 e. The molecule has 7 nitrogen and oxygen atoms in total. The second-order valence-corrected chi connectivity index (χ2v) is 11.7. The summed E-state index contributed by atoms with van der Waals surface area (Å²) < 4.78 is 59.3. The summed E-state index contributed by atoms with van der Waals surface area (Å²) in [6, 6.07) is 11.9. The lowest BCUT2D eigenvalue weighted by atomic mass is 9.93. The molecule has 0 spiro atoms. The van der Waals surface area contributed by atoms with E-state index in [-0.39, 0.29) is 69.4 Å². The molecule has 2 atom stereocenters. The van der Waals surface area contributed by atoms with Gasteiger partial charge in [0.2, 0.25) is 11.8 Å². The van der Waals surface area contributed by atoms with Crippen molar-refractivity contribution in [3.63, 3.8) is 0 Å². The number of piperidine rings is 1. The molecule has 2 aliphatic heterocycles. The van der Waals surface area contributed by atoms with Crippen LogP contribution < -0.4 is 4.74 Å². The van der Waals surface area contributed by atoms with E-state index in [0.717, 1.165) is 5.56 Å². The SMILES string of the molecule is CCN(C(=O)Oc1ccc(F)cc1)[C@@H]1CN(C(=O)C2CCN(C(=O)C3(C(F)(F)F)CC3)CC2)C[C@H]1c1ccc(Cl)cc1. The zero-order valence-electron chi connectivity index (χ0n) is 23.1. The maximum atomic E-state index is 13.7. The third kappa shape index (κ3) is 5.93. The highest BCUT2D eigenvalue weighted by molar-refractivity contribution is 6.30. The van der Waals surface area contributed by atoms with Gasteiger partial charge in [-0.25, -0.2) is 9.18 Å². The minimum atomic E-state index is -4.57. The van der Waals surface area contributed by atoms with E-state index in [9.17, 15) is 31.9 Å². The summed E-state index contributed by atoms with van der Waals surface area (Å²) in [6.07, 6.45) is -5.03. The van der Waals surface area contributed by atoms with Gasteiger partial charge < -0.3 is 19.4 Å². The summed E-state index contributed by atoms with van der Waals surface area (Å²) in [7, 11) is 0. The smallest absolute Gasteiger partial charge is 0.410 e. The fourth-order valence-corrected chi connectivity index (χ4v) is 6.24. The Balaban J connectivity index is 1.29. The van der Waals surface area contributed by atoms with E-state index < -0.39 is 41.4 Å². The number of rotatable bonds is 6. The van der Waals surface area contributed by atoms with Crippen molar-refractivity contribution < 1.29 is 36.7 Å². The number of ether oxygens (including phenoxy) is 1. The van der Waals surface area contributed by atoms with Crippen LogP contribution in [0.15, 0.2) is 48.5 Å². The summed E-state index contributed by atoms with van der Waals surface area (Å²) in [4.78, 5) is 44.1. The Hall–Kier alpha value is -3.34. The Labute approximate surface area is 246 Å². The van der Waals surface area contributed by atoms with Crippen LogP contribution >= 0.6 is 11.6 Å². The van der Waals surface area contributed by atoms with Gasteiger partial charge in [0.25, 0.3) is 0 Å². The number of carbonyl (C=O) groups is 3. The van der Waals surface area contributed by atoms with Gasteiger partial charge in [0, 0.05) is 49.6 Å². The summed E-state index contributed by atoms with van der Waals surface area (Å²) in [5.74, 6) is -2.01. The highest BCUT2D eigenvalue weighted by Crippen LogP contribution is 2.58. The van der Waals surface area contributed by atoms with E-state index >= 15 is 0 Å².